The number of piperazine rings is 1. The highest BCUT2D eigenvalue weighted by atomic mass is 32.2. The molecule has 1 amide bonds. The van der Waals surface area contributed by atoms with Crippen molar-refractivity contribution in [3.8, 4) is 0 Å². The Hall–Kier alpha value is -1.20. The number of likely N-dealkylation sites (tertiary alicyclic amines) is 1. The van der Waals surface area contributed by atoms with E-state index in [-0.39, 0.29) is 0 Å². The standard InChI is InChI=1S/C23H35N3OS/c27-23(26-16-14-25(15-17-26)21-4-2-1-3-5-21)7-6-20-8-12-24(13-9-20)22-10-18-28-19-11-22/h1-5,20,22H,6-19H2. The van der Waals surface area contributed by atoms with Crippen LogP contribution in [-0.2, 0) is 4.79 Å². The van der Waals surface area contributed by atoms with E-state index in [1.165, 1.54) is 56.0 Å². The van der Waals surface area contributed by atoms with Gasteiger partial charge in [-0.1, -0.05) is 18.2 Å². The van der Waals surface area contributed by atoms with Crippen LogP contribution in [0.3, 0.4) is 0 Å². The van der Waals surface area contributed by atoms with Gasteiger partial charge in [0.25, 0.3) is 0 Å². The molecular formula is C23H35N3OS. The molecule has 5 heteroatoms. The number of rotatable bonds is 5. The average Bonchev–Trinajstić information content (AvgIpc) is 2.79. The van der Waals surface area contributed by atoms with Gasteiger partial charge in [0, 0.05) is 44.3 Å². The first-order chi connectivity index (χ1) is 13.8. The minimum atomic E-state index is 0.374. The third-order valence-electron chi connectivity index (χ3n) is 6.88. The van der Waals surface area contributed by atoms with Crippen molar-refractivity contribution in [2.45, 2.75) is 44.6 Å². The lowest BCUT2D eigenvalue weighted by Crippen LogP contribution is -2.49. The highest BCUT2D eigenvalue weighted by molar-refractivity contribution is 7.99. The largest absolute Gasteiger partial charge is 0.368 e. The van der Waals surface area contributed by atoms with Crippen LogP contribution in [0.15, 0.2) is 30.3 Å². The zero-order chi connectivity index (χ0) is 19.2. The number of hydrogen-bond donors (Lipinski definition) is 0. The number of thioether (sulfide) groups is 1. The summed E-state index contributed by atoms with van der Waals surface area (Å²) in [4.78, 5) is 19.9. The lowest BCUT2D eigenvalue weighted by Gasteiger charge is -2.39. The summed E-state index contributed by atoms with van der Waals surface area (Å²) in [7, 11) is 0. The zero-order valence-electron chi connectivity index (χ0n) is 17.1. The van der Waals surface area contributed by atoms with Crippen LogP contribution in [0.2, 0.25) is 0 Å². The van der Waals surface area contributed by atoms with Gasteiger partial charge in [0.2, 0.25) is 5.91 Å². The van der Waals surface area contributed by atoms with Gasteiger partial charge in [-0.2, -0.15) is 11.8 Å². The van der Waals surface area contributed by atoms with Crippen LogP contribution in [0.1, 0.15) is 38.5 Å². The van der Waals surface area contributed by atoms with Gasteiger partial charge in [0.05, 0.1) is 0 Å². The SMILES string of the molecule is O=C(CCC1CCN(C2CCSCC2)CC1)N1CCN(c2ccccc2)CC1. The summed E-state index contributed by atoms with van der Waals surface area (Å²) in [5.74, 6) is 3.82. The Labute approximate surface area is 174 Å². The van der Waals surface area contributed by atoms with Crippen LogP contribution in [0, 0.1) is 5.92 Å². The van der Waals surface area contributed by atoms with Crippen molar-refractivity contribution >= 4 is 23.4 Å². The molecule has 0 unspecified atom stereocenters. The second kappa shape index (κ2) is 10.0. The van der Waals surface area contributed by atoms with Gasteiger partial charge in [0.15, 0.2) is 0 Å². The normalized spacial score (nSPS) is 23.1. The van der Waals surface area contributed by atoms with Crippen LogP contribution < -0.4 is 4.90 Å². The highest BCUT2D eigenvalue weighted by Crippen LogP contribution is 2.28. The Morgan fingerprint density at radius 2 is 1.57 bits per heavy atom. The first-order valence-corrected chi connectivity index (χ1v) is 12.3. The third kappa shape index (κ3) is 5.24. The fourth-order valence-corrected chi connectivity index (χ4v) is 6.08. The maximum absolute atomic E-state index is 12.7. The number of para-hydroxylation sites is 1. The summed E-state index contributed by atoms with van der Waals surface area (Å²) in [6.07, 6.45) is 7.17. The molecule has 0 N–H and O–H groups in total. The van der Waals surface area contributed by atoms with Crippen molar-refractivity contribution in [3.05, 3.63) is 30.3 Å². The van der Waals surface area contributed by atoms with Crippen molar-refractivity contribution < 1.29 is 4.79 Å². The van der Waals surface area contributed by atoms with Crippen LogP contribution in [0.25, 0.3) is 0 Å². The fraction of sp³-hybridized carbons (Fsp3) is 0.696. The minimum absolute atomic E-state index is 0.374. The Morgan fingerprint density at radius 3 is 2.25 bits per heavy atom. The van der Waals surface area contributed by atoms with E-state index in [4.69, 9.17) is 0 Å². The van der Waals surface area contributed by atoms with Gasteiger partial charge in [-0.25, -0.2) is 0 Å². The maximum atomic E-state index is 12.7. The van der Waals surface area contributed by atoms with Crippen molar-refractivity contribution in [3.63, 3.8) is 0 Å². The summed E-state index contributed by atoms with van der Waals surface area (Å²) >= 11 is 2.11. The van der Waals surface area contributed by atoms with E-state index in [1.54, 1.807) is 0 Å². The zero-order valence-corrected chi connectivity index (χ0v) is 17.9. The molecule has 0 saturated carbocycles. The van der Waals surface area contributed by atoms with E-state index in [9.17, 15) is 4.79 Å². The van der Waals surface area contributed by atoms with Gasteiger partial charge >= 0.3 is 0 Å². The first-order valence-electron chi connectivity index (χ1n) is 11.2. The number of benzene rings is 1. The van der Waals surface area contributed by atoms with Crippen LogP contribution in [0.4, 0.5) is 5.69 Å². The predicted octanol–water partition coefficient (Wildman–Crippen LogP) is 3.72. The molecule has 3 saturated heterocycles. The van der Waals surface area contributed by atoms with E-state index in [1.807, 2.05) is 0 Å². The Kier molecular flexibility index (Phi) is 7.19. The van der Waals surface area contributed by atoms with Crippen molar-refractivity contribution in [2.24, 2.45) is 5.92 Å². The Bertz CT molecular complexity index is 604. The molecule has 1 aromatic rings. The molecule has 0 aromatic heterocycles. The smallest absolute Gasteiger partial charge is 0.222 e. The van der Waals surface area contributed by atoms with Gasteiger partial charge in [-0.3, -0.25) is 4.79 Å². The second-order valence-corrected chi connectivity index (χ2v) is 9.79. The highest BCUT2D eigenvalue weighted by Gasteiger charge is 2.27. The first kappa shape index (κ1) is 20.1. The van der Waals surface area contributed by atoms with Gasteiger partial charge in [0.1, 0.15) is 0 Å². The number of hydrogen-bond acceptors (Lipinski definition) is 4. The average molecular weight is 402 g/mol. The fourth-order valence-electron chi connectivity index (χ4n) is 5.00. The number of carbonyl (C=O) groups is 1. The van der Waals surface area contributed by atoms with Crippen molar-refractivity contribution in [1.29, 1.82) is 0 Å². The molecule has 0 spiro atoms. The lowest BCUT2D eigenvalue weighted by atomic mass is 9.90. The van der Waals surface area contributed by atoms with Gasteiger partial charge < -0.3 is 14.7 Å². The van der Waals surface area contributed by atoms with E-state index in [0.29, 0.717) is 5.91 Å². The van der Waals surface area contributed by atoms with Crippen molar-refractivity contribution in [2.75, 3.05) is 55.7 Å². The minimum Gasteiger partial charge on any atom is -0.368 e. The number of amides is 1. The monoisotopic (exact) mass is 401 g/mol. The number of nitrogens with zero attached hydrogens (tertiary/aromatic N) is 3. The topological polar surface area (TPSA) is 26.8 Å². The molecular weight excluding hydrogens is 366 g/mol. The quantitative estimate of drug-likeness (QED) is 0.751. The van der Waals surface area contributed by atoms with E-state index in [2.05, 4.69) is 56.8 Å². The molecule has 3 aliphatic heterocycles. The summed E-state index contributed by atoms with van der Waals surface area (Å²) in [5, 5.41) is 0. The van der Waals surface area contributed by atoms with Crippen LogP contribution in [0.5, 0.6) is 0 Å². The number of piperidine rings is 1. The van der Waals surface area contributed by atoms with E-state index < -0.39 is 0 Å². The molecule has 4 nitrogen and oxygen atoms in total. The summed E-state index contributed by atoms with van der Waals surface area (Å²) in [6.45, 7) is 6.15. The predicted molar refractivity (Wildman–Crippen MR) is 119 cm³/mol. The molecule has 3 aliphatic rings. The molecule has 0 atom stereocenters. The number of anilines is 1. The van der Waals surface area contributed by atoms with Crippen LogP contribution in [-0.4, -0.2) is 72.5 Å². The third-order valence-corrected chi connectivity index (χ3v) is 7.93. The van der Waals surface area contributed by atoms with Gasteiger partial charge in [-0.15, -0.1) is 0 Å². The number of carbonyl (C=O) groups excluding carboxylic acids is 1. The van der Waals surface area contributed by atoms with Crippen molar-refractivity contribution in [1.82, 2.24) is 9.80 Å². The molecule has 154 valence electrons. The lowest BCUT2D eigenvalue weighted by molar-refractivity contribution is -0.131. The van der Waals surface area contributed by atoms with E-state index >= 15 is 0 Å². The van der Waals surface area contributed by atoms with E-state index in [0.717, 1.165) is 51.0 Å². The molecule has 0 aliphatic carbocycles. The summed E-state index contributed by atoms with van der Waals surface area (Å²) in [6, 6.07) is 11.4. The molecule has 4 rings (SSSR count). The van der Waals surface area contributed by atoms with Gasteiger partial charge in [-0.05, 0) is 74.7 Å². The Morgan fingerprint density at radius 1 is 0.893 bits per heavy atom. The summed E-state index contributed by atoms with van der Waals surface area (Å²) in [5.41, 5.74) is 1.28. The molecule has 3 fully saturated rings. The van der Waals surface area contributed by atoms with Crippen LogP contribution >= 0.6 is 11.8 Å². The molecule has 3 heterocycles. The second-order valence-electron chi connectivity index (χ2n) is 8.56. The maximum Gasteiger partial charge on any atom is 0.222 e. The molecule has 0 bridgehead atoms. The summed E-state index contributed by atoms with van der Waals surface area (Å²) < 4.78 is 0. The molecule has 28 heavy (non-hydrogen) atoms. The molecule has 0 radical (unpaired) electrons. The molecule has 1 aromatic carbocycles. The Balaban J connectivity index is 1.14.